The summed E-state index contributed by atoms with van der Waals surface area (Å²) in [5.41, 5.74) is 1.72. The molecular weight excluding hydrogens is 394 g/mol. The Morgan fingerprint density at radius 2 is 1.90 bits per heavy atom. The van der Waals surface area contributed by atoms with Crippen LogP contribution in [0.1, 0.15) is 71.5 Å². The fourth-order valence-electron chi connectivity index (χ4n) is 4.15. The molecule has 2 aliphatic carbocycles. The Morgan fingerprint density at radius 3 is 2.61 bits per heavy atom. The molecule has 2 aromatic rings. The van der Waals surface area contributed by atoms with Gasteiger partial charge in [-0.3, -0.25) is 19.2 Å². The van der Waals surface area contributed by atoms with Gasteiger partial charge in [-0.25, -0.2) is 0 Å². The largest absolute Gasteiger partial charge is 0.348 e. The number of amides is 2. The van der Waals surface area contributed by atoms with E-state index in [4.69, 9.17) is 0 Å². The number of anilines is 1. The van der Waals surface area contributed by atoms with Gasteiger partial charge in [0.15, 0.2) is 5.78 Å². The molecule has 1 aromatic carbocycles. The first kappa shape index (κ1) is 21.0. The highest BCUT2D eigenvalue weighted by atomic mass is 16.2. The number of carbonyl (C=O) groups is 3. The van der Waals surface area contributed by atoms with Gasteiger partial charge < -0.3 is 15.6 Å². The minimum atomic E-state index is -0.536. The topological polar surface area (TPSA) is 108 Å². The van der Waals surface area contributed by atoms with Crippen LogP contribution < -0.4 is 16.2 Å². The molecule has 1 fully saturated rings. The molecule has 1 aromatic heterocycles. The third-order valence-electron chi connectivity index (χ3n) is 6.09. The number of Topliss-reactive ketones (excluding diaryl/α,β-unsaturated/α-hetero) is 1. The molecule has 1 saturated carbocycles. The number of ketones is 1. The predicted octanol–water partition coefficient (Wildman–Crippen LogP) is 3.20. The smallest absolute Gasteiger partial charge is 0.261 e. The number of H-pyrrole nitrogens is 1. The number of fused-ring (bicyclic) bond motifs is 1. The maximum Gasteiger partial charge on any atom is 0.261 e. The van der Waals surface area contributed by atoms with E-state index in [9.17, 15) is 19.2 Å². The molecule has 2 amide bonds. The van der Waals surface area contributed by atoms with E-state index < -0.39 is 11.5 Å². The van der Waals surface area contributed by atoms with Gasteiger partial charge in [-0.1, -0.05) is 32.4 Å². The number of hydrogen-bond acceptors (Lipinski definition) is 4. The van der Waals surface area contributed by atoms with Crippen LogP contribution in [0.5, 0.6) is 0 Å². The van der Waals surface area contributed by atoms with Crippen LogP contribution in [0.15, 0.2) is 35.1 Å². The lowest BCUT2D eigenvalue weighted by Gasteiger charge is -2.29. The minimum absolute atomic E-state index is 0.0286. The van der Waals surface area contributed by atoms with E-state index in [2.05, 4.69) is 15.6 Å². The normalized spacial score (nSPS) is 17.4. The van der Waals surface area contributed by atoms with E-state index in [1.165, 1.54) is 6.07 Å². The summed E-state index contributed by atoms with van der Waals surface area (Å²) in [6, 6.07) is 8.67. The zero-order chi connectivity index (χ0) is 22.2. The first-order valence-electron chi connectivity index (χ1n) is 10.7. The van der Waals surface area contributed by atoms with Gasteiger partial charge in [0.2, 0.25) is 5.91 Å². The van der Waals surface area contributed by atoms with Crippen molar-refractivity contribution in [2.75, 3.05) is 5.32 Å². The summed E-state index contributed by atoms with van der Waals surface area (Å²) < 4.78 is 0. The Hall–Kier alpha value is -3.22. The standard InChI is InChI=1S/C24H27N3O4/c1-24(2)11-19-17(20(28)12-24)10-18(23(31)27-19)22(30)25-13-14-5-3-8-16(9-14)26-21(29)15-6-4-7-15/h3,5,8-10,15H,4,6-7,11-13H2,1-2H3,(H,25,30)(H,26,29)(H,27,31). The molecule has 0 saturated heterocycles. The van der Waals surface area contributed by atoms with Crippen LogP contribution in [0.3, 0.4) is 0 Å². The van der Waals surface area contributed by atoms with Crippen LogP contribution in [-0.4, -0.2) is 22.6 Å². The first-order valence-corrected chi connectivity index (χ1v) is 10.7. The van der Waals surface area contributed by atoms with Crippen molar-refractivity contribution < 1.29 is 14.4 Å². The number of nitrogens with one attached hydrogen (secondary N) is 3. The summed E-state index contributed by atoms with van der Waals surface area (Å²) in [4.78, 5) is 52.4. The predicted molar refractivity (Wildman–Crippen MR) is 117 cm³/mol. The van der Waals surface area contributed by atoms with Crippen molar-refractivity contribution in [2.24, 2.45) is 11.3 Å². The van der Waals surface area contributed by atoms with Crippen molar-refractivity contribution in [2.45, 2.75) is 52.5 Å². The van der Waals surface area contributed by atoms with Crippen molar-refractivity contribution in [3.8, 4) is 0 Å². The van der Waals surface area contributed by atoms with Gasteiger partial charge in [-0.15, -0.1) is 0 Å². The number of rotatable bonds is 5. The Kier molecular flexibility index (Phi) is 5.52. The van der Waals surface area contributed by atoms with Gasteiger partial charge in [0.05, 0.1) is 0 Å². The number of benzene rings is 1. The van der Waals surface area contributed by atoms with E-state index in [-0.39, 0.29) is 35.1 Å². The molecule has 0 aliphatic heterocycles. The monoisotopic (exact) mass is 421 g/mol. The number of aromatic amines is 1. The van der Waals surface area contributed by atoms with E-state index in [0.29, 0.717) is 29.8 Å². The molecule has 1 heterocycles. The van der Waals surface area contributed by atoms with Crippen LogP contribution in [0.2, 0.25) is 0 Å². The highest BCUT2D eigenvalue weighted by molar-refractivity contribution is 6.02. The van der Waals surface area contributed by atoms with E-state index in [0.717, 1.165) is 24.8 Å². The number of pyridine rings is 1. The Labute approximate surface area is 180 Å². The molecular formula is C24H27N3O4. The number of hydrogen-bond donors (Lipinski definition) is 3. The van der Waals surface area contributed by atoms with Crippen LogP contribution in [-0.2, 0) is 17.8 Å². The Morgan fingerprint density at radius 1 is 1.13 bits per heavy atom. The maximum absolute atomic E-state index is 12.6. The van der Waals surface area contributed by atoms with Crippen molar-refractivity contribution in [3.05, 3.63) is 63.1 Å². The summed E-state index contributed by atoms with van der Waals surface area (Å²) in [5, 5.41) is 5.65. The molecule has 4 rings (SSSR count). The zero-order valence-corrected chi connectivity index (χ0v) is 17.8. The quantitative estimate of drug-likeness (QED) is 0.689. The molecule has 2 aliphatic rings. The fraction of sp³-hybridized carbons (Fsp3) is 0.417. The molecule has 162 valence electrons. The second-order valence-electron chi connectivity index (χ2n) is 9.35. The molecule has 0 atom stereocenters. The third kappa shape index (κ3) is 4.60. The highest BCUT2D eigenvalue weighted by Crippen LogP contribution is 2.33. The molecule has 3 N–H and O–H groups in total. The van der Waals surface area contributed by atoms with Crippen LogP contribution in [0.25, 0.3) is 0 Å². The van der Waals surface area contributed by atoms with Gasteiger partial charge in [0, 0.05) is 35.8 Å². The minimum Gasteiger partial charge on any atom is -0.348 e. The number of carbonyl (C=O) groups excluding carboxylic acids is 3. The molecule has 0 spiro atoms. The Balaban J connectivity index is 1.44. The molecule has 0 unspecified atom stereocenters. The lowest BCUT2D eigenvalue weighted by molar-refractivity contribution is -0.122. The van der Waals surface area contributed by atoms with Crippen molar-refractivity contribution >= 4 is 23.3 Å². The third-order valence-corrected chi connectivity index (χ3v) is 6.09. The summed E-state index contributed by atoms with van der Waals surface area (Å²) in [6.45, 7) is 4.16. The number of aromatic nitrogens is 1. The van der Waals surface area contributed by atoms with E-state index in [1.807, 2.05) is 32.0 Å². The van der Waals surface area contributed by atoms with Gasteiger partial charge in [-0.2, -0.15) is 0 Å². The Bertz CT molecular complexity index is 1110. The second kappa shape index (κ2) is 8.13. The van der Waals surface area contributed by atoms with Crippen molar-refractivity contribution in [3.63, 3.8) is 0 Å². The average molecular weight is 421 g/mol. The molecule has 7 heteroatoms. The van der Waals surface area contributed by atoms with Gasteiger partial charge in [-0.05, 0) is 48.4 Å². The van der Waals surface area contributed by atoms with Crippen molar-refractivity contribution in [1.29, 1.82) is 0 Å². The second-order valence-corrected chi connectivity index (χ2v) is 9.35. The van der Waals surface area contributed by atoms with Gasteiger partial charge >= 0.3 is 0 Å². The SMILES string of the molecule is CC1(C)CC(=O)c2cc(C(=O)NCc3cccc(NC(=O)C4CCC4)c3)c(=O)[nH]c2C1. The van der Waals surface area contributed by atoms with Gasteiger partial charge in [0.1, 0.15) is 5.56 Å². The highest BCUT2D eigenvalue weighted by Gasteiger charge is 2.32. The van der Waals surface area contributed by atoms with Crippen LogP contribution >= 0.6 is 0 Å². The van der Waals surface area contributed by atoms with Crippen molar-refractivity contribution in [1.82, 2.24) is 10.3 Å². The molecule has 0 radical (unpaired) electrons. The summed E-state index contributed by atoms with van der Waals surface area (Å²) in [7, 11) is 0. The molecule has 7 nitrogen and oxygen atoms in total. The average Bonchev–Trinajstić information content (AvgIpc) is 2.63. The van der Waals surface area contributed by atoms with Crippen LogP contribution in [0.4, 0.5) is 5.69 Å². The first-order chi connectivity index (χ1) is 14.7. The lowest BCUT2D eigenvalue weighted by Crippen LogP contribution is -2.34. The summed E-state index contributed by atoms with van der Waals surface area (Å²) in [6.07, 6.45) is 3.92. The summed E-state index contributed by atoms with van der Waals surface area (Å²) in [5.74, 6) is -0.481. The van der Waals surface area contributed by atoms with E-state index >= 15 is 0 Å². The lowest BCUT2D eigenvalue weighted by atomic mass is 9.75. The molecule has 31 heavy (non-hydrogen) atoms. The molecule has 0 bridgehead atoms. The fourth-order valence-corrected chi connectivity index (χ4v) is 4.15. The summed E-state index contributed by atoms with van der Waals surface area (Å²) >= 11 is 0. The zero-order valence-electron chi connectivity index (χ0n) is 17.8. The van der Waals surface area contributed by atoms with Crippen LogP contribution in [0, 0.1) is 11.3 Å². The van der Waals surface area contributed by atoms with E-state index in [1.54, 1.807) is 6.07 Å². The maximum atomic E-state index is 12.6. The van der Waals surface area contributed by atoms with Gasteiger partial charge in [0.25, 0.3) is 11.5 Å².